The van der Waals surface area contributed by atoms with E-state index < -0.39 is 10.0 Å². The average molecular weight is 422 g/mol. The Hall–Kier alpha value is -1.74. The number of benzene rings is 1. The van der Waals surface area contributed by atoms with Gasteiger partial charge in [-0.1, -0.05) is 36.4 Å². The third kappa shape index (κ3) is 5.64. The lowest BCUT2D eigenvalue weighted by Crippen LogP contribution is -2.51. The Morgan fingerprint density at radius 1 is 1.11 bits per heavy atom. The van der Waals surface area contributed by atoms with Crippen molar-refractivity contribution in [2.75, 3.05) is 32.7 Å². The molecule has 1 aromatic carbocycles. The number of piperazine rings is 1. The van der Waals surface area contributed by atoms with E-state index in [1.54, 1.807) is 17.5 Å². The van der Waals surface area contributed by atoms with E-state index in [2.05, 4.69) is 17.4 Å². The Kier molecular flexibility index (Phi) is 7.23. The van der Waals surface area contributed by atoms with Crippen molar-refractivity contribution >= 4 is 27.3 Å². The topological polar surface area (TPSA) is 69.7 Å². The summed E-state index contributed by atoms with van der Waals surface area (Å²) in [7, 11) is -3.40. The number of sulfonamides is 1. The molecular weight excluding hydrogens is 394 g/mol. The van der Waals surface area contributed by atoms with Crippen LogP contribution in [0.4, 0.5) is 0 Å². The van der Waals surface area contributed by atoms with Crippen LogP contribution in [0.15, 0.2) is 52.1 Å². The summed E-state index contributed by atoms with van der Waals surface area (Å²) >= 11 is 1.24. The van der Waals surface area contributed by atoms with E-state index in [9.17, 15) is 13.2 Å². The molecule has 8 heteroatoms. The predicted molar refractivity (Wildman–Crippen MR) is 112 cm³/mol. The number of carbonyl (C=O) groups is 1. The SMILES string of the molecule is C[C@@H](CCc1ccccc1)NC(=O)CN1CCN(S(=O)(=O)c2cccs2)CC1. The molecule has 1 saturated heterocycles. The van der Waals surface area contributed by atoms with Crippen LogP contribution in [0.3, 0.4) is 0 Å². The summed E-state index contributed by atoms with van der Waals surface area (Å²) in [4.78, 5) is 14.3. The summed E-state index contributed by atoms with van der Waals surface area (Å²) in [6.45, 7) is 4.29. The van der Waals surface area contributed by atoms with E-state index in [1.807, 2.05) is 30.0 Å². The molecule has 2 aromatic rings. The minimum Gasteiger partial charge on any atom is -0.353 e. The van der Waals surface area contributed by atoms with Gasteiger partial charge in [-0.05, 0) is 36.8 Å². The standard InChI is InChI=1S/C20H27N3O3S2/c1-17(9-10-18-6-3-2-4-7-18)21-19(24)16-22-11-13-23(14-12-22)28(25,26)20-8-5-15-27-20/h2-8,15,17H,9-14,16H2,1H3,(H,21,24)/t17-/m0/s1. The second kappa shape index (κ2) is 9.65. The Morgan fingerprint density at radius 3 is 2.46 bits per heavy atom. The zero-order valence-electron chi connectivity index (χ0n) is 16.1. The maximum absolute atomic E-state index is 12.6. The lowest BCUT2D eigenvalue weighted by atomic mass is 10.1. The minimum absolute atomic E-state index is 0.00451. The number of carbonyl (C=O) groups excluding carboxylic acids is 1. The average Bonchev–Trinajstić information content (AvgIpc) is 3.23. The molecule has 6 nitrogen and oxygen atoms in total. The molecule has 0 radical (unpaired) electrons. The number of hydrogen-bond donors (Lipinski definition) is 1. The number of rotatable bonds is 8. The molecule has 0 aliphatic carbocycles. The quantitative estimate of drug-likeness (QED) is 0.709. The summed E-state index contributed by atoms with van der Waals surface area (Å²) in [5, 5.41) is 4.82. The van der Waals surface area contributed by atoms with Crippen LogP contribution < -0.4 is 5.32 Å². The fourth-order valence-corrected chi connectivity index (χ4v) is 5.86. The Morgan fingerprint density at radius 2 is 1.82 bits per heavy atom. The van der Waals surface area contributed by atoms with Crippen LogP contribution in [0.5, 0.6) is 0 Å². The predicted octanol–water partition coefficient (Wildman–Crippen LogP) is 2.19. The highest BCUT2D eigenvalue weighted by molar-refractivity contribution is 7.91. The van der Waals surface area contributed by atoms with Crippen molar-refractivity contribution in [1.29, 1.82) is 0 Å². The molecule has 0 saturated carbocycles. The van der Waals surface area contributed by atoms with Crippen LogP contribution in [0, 0.1) is 0 Å². The molecule has 1 aliphatic heterocycles. The van der Waals surface area contributed by atoms with Crippen molar-refractivity contribution in [2.45, 2.75) is 30.0 Å². The second-order valence-corrected chi connectivity index (χ2v) is 10.2. The van der Waals surface area contributed by atoms with Crippen molar-refractivity contribution in [3.05, 3.63) is 53.4 Å². The first-order chi connectivity index (χ1) is 13.4. The first kappa shape index (κ1) is 21.0. The number of thiophene rings is 1. The molecule has 1 aromatic heterocycles. The number of amides is 1. The van der Waals surface area contributed by atoms with Crippen molar-refractivity contribution in [1.82, 2.24) is 14.5 Å². The molecule has 0 spiro atoms. The first-order valence-corrected chi connectivity index (χ1v) is 11.9. The number of aryl methyl sites for hydroxylation is 1. The van der Waals surface area contributed by atoms with Gasteiger partial charge in [0.05, 0.1) is 6.54 Å². The monoisotopic (exact) mass is 421 g/mol. The molecule has 2 heterocycles. The molecule has 0 unspecified atom stereocenters. The lowest BCUT2D eigenvalue weighted by Gasteiger charge is -2.33. The van der Waals surface area contributed by atoms with Gasteiger partial charge in [-0.3, -0.25) is 9.69 Å². The van der Waals surface area contributed by atoms with Gasteiger partial charge in [-0.2, -0.15) is 4.31 Å². The largest absolute Gasteiger partial charge is 0.353 e. The van der Waals surface area contributed by atoms with Crippen LogP contribution in [0.2, 0.25) is 0 Å². The molecule has 1 atom stereocenters. The van der Waals surface area contributed by atoms with Crippen LogP contribution in [-0.4, -0.2) is 62.3 Å². The molecule has 1 aliphatic rings. The third-order valence-corrected chi connectivity index (χ3v) is 8.18. The van der Waals surface area contributed by atoms with E-state index >= 15 is 0 Å². The zero-order chi connectivity index (χ0) is 20.0. The molecule has 1 amide bonds. The van der Waals surface area contributed by atoms with Gasteiger partial charge in [-0.15, -0.1) is 11.3 Å². The van der Waals surface area contributed by atoms with Crippen LogP contribution in [0.1, 0.15) is 18.9 Å². The molecule has 152 valence electrons. The number of nitrogens with one attached hydrogen (secondary N) is 1. The highest BCUT2D eigenvalue weighted by Crippen LogP contribution is 2.21. The van der Waals surface area contributed by atoms with Crippen molar-refractivity contribution in [3.63, 3.8) is 0 Å². The number of nitrogens with zero attached hydrogens (tertiary/aromatic N) is 2. The fraction of sp³-hybridized carbons (Fsp3) is 0.450. The lowest BCUT2D eigenvalue weighted by molar-refractivity contribution is -0.123. The minimum atomic E-state index is -3.40. The maximum Gasteiger partial charge on any atom is 0.252 e. The number of hydrogen-bond acceptors (Lipinski definition) is 5. The maximum atomic E-state index is 12.6. The van der Waals surface area contributed by atoms with Gasteiger partial charge in [0.25, 0.3) is 10.0 Å². The van der Waals surface area contributed by atoms with Gasteiger partial charge in [0.2, 0.25) is 5.91 Å². The van der Waals surface area contributed by atoms with Crippen LogP contribution in [-0.2, 0) is 21.2 Å². The van der Waals surface area contributed by atoms with Crippen LogP contribution in [0.25, 0.3) is 0 Å². The second-order valence-electron chi connectivity index (χ2n) is 7.11. The van der Waals surface area contributed by atoms with E-state index in [4.69, 9.17) is 0 Å². The van der Waals surface area contributed by atoms with Crippen molar-refractivity contribution in [3.8, 4) is 0 Å². The van der Waals surface area contributed by atoms with Gasteiger partial charge in [0, 0.05) is 32.2 Å². The smallest absolute Gasteiger partial charge is 0.252 e. The summed E-state index contributed by atoms with van der Waals surface area (Å²) in [6, 6.07) is 13.7. The molecular formula is C20H27N3O3S2. The van der Waals surface area contributed by atoms with Gasteiger partial charge < -0.3 is 5.32 Å². The van der Waals surface area contributed by atoms with Gasteiger partial charge in [0.15, 0.2) is 0 Å². The van der Waals surface area contributed by atoms with Gasteiger partial charge in [0.1, 0.15) is 4.21 Å². The molecule has 28 heavy (non-hydrogen) atoms. The molecule has 1 N–H and O–H groups in total. The van der Waals surface area contributed by atoms with Gasteiger partial charge in [-0.25, -0.2) is 8.42 Å². The summed E-state index contributed by atoms with van der Waals surface area (Å²) in [5.74, 6) is -0.00451. The van der Waals surface area contributed by atoms with Crippen molar-refractivity contribution in [2.24, 2.45) is 0 Å². The van der Waals surface area contributed by atoms with E-state index in [0.29, 0.717) is 36.9 Å². The highest BCUT2D eigenvalue weighted by Gasteiger charge is 2.29. The van der Waals surface area contributed by atoms with E-state index in [-0.39, 0.29) is 11.9 Å². The fourth-order valence-electron chi connectivity index (χ4n) is 3.29. The van der Waals surface area contributed by atoms with Crippen LogP contribution >= 0.6 is 11.3 Å². The molecule has 3 rings (SSSR count). The normalized spacial score (nSPS) is 17.3. The van der Waals surface area contributed by atoms with Crippen molar-refractivity contribution < 1.29 is 13.2 Å². The summed E-state index contributed by atoms with van der Waals surface area (Å²) in [6.07, 6.45) is 1.82. The molecule has 0 bridgehead atoms. The van der Waals surface area contributed by atoms with Gasteiger partial charge >= 0.3 is 0 Å². The van der Waals surface area contributed by atoms with E-state index in [0.717, 1.165) is 12.8 Å². The molecule has 1 fully saturated rings. The Balaban J connectivity index is 1.40. The first-order valence-electron chi connectivity index (χ1n) is 9.54. The summed E-state index contributed by atoms with van der Waals surface area (Å²) < 4.78 is 27.0. The Bertz CT molecular complexity index is 846. The Labute approximate surface area is 171 Å². The van der Waals surface area contributed by atoms with E-state index in [1.165, 1.54) is 21.2 Å². The summed E-state index contributed by atoms with van der Waals surface area (Å²) in [5.41, 5.74) is 1.27. The highest BCUT2D eigenvalue weighted by atomic mass is 32.2. The zero-order valence-corrected chi connectivity index (χ0v) is 17.7. The third-order valence-electron chi connectivity index (χ3n) is 4.90.